The second kappa shape index (κ2) is 7.64. The number of benzene rings is 2. The number of carbonyl (C=O) groups is 1. The van der Waals surface area contributed by atoms with Gasteiger partial charge in [0, 0.05) is 24.7 Å². The molecule has 1 fully saturated rings. The summed E-state index contributed by atoms with van der Waals surface area (Å²) in [4.78, 5) is 18.3. The van der Waals surface area contributed by atoms with Crippen LogP contribution in [0.25, 0.3) is 6.08 Å². The third-order valence-corrected chi connectivity index (χ3v) is 5.88. The highest BCUT2D eigenvalue weighted by molar-refractivity contribution is 8.27. The molecule has 3 rings (SSSR count). The molecule has 0 aliphatic carbocycles. The standard InChI is InChI=1S/C19H18N2OS3/c1-20(2)14-6-8-15(9-7-14)21-18(22)17(25-19(21)23)12-13-4-10-16(24-3)11-5-13/h4-12H,1-3H3/b17-12-. The van der Waals surface area contributed by atoms with Gasteiger partial charge in [-0.05, 0) is 54.3 Å². The van der Waals surface area contributed by atoms with Crippen molar-refractivity contribution >= 4 is 63.4 Å². The van der Waals surface area contributed by atoms with Gasteiger partial charge in [-0.15, -0.1) is 11.8 Å². The van der Waals surface area contributed by atoms with Crippen molar-refractivity contribution in [3.63, 3.8) is 0 Å². The van der Waals surface area contributed by atoms with E-state index in [4.69, 9.17) is 12.2 Å². The zero-order valence-corrected chi connectivity index (χ0v) is 16.7. The molecule has 0 unspecified atom stereocenters. The Morgan fingerprint density at radius 1 is 1.08 bits per heavy atom. The minimum atomic E-state index is -0.0680. The third-order valence-electron chi connectivity index (χ3n) is 3.83. The van der Waals surface area contributed by atoms with E-state index in [2.05, 4.69) is 12.1 Å². The summed E-state index contributed by atoms with van der Waals surface area (Å²) >= 11 is 8.47. The average molecular weight is 387 g/mol. The first kappa shape index (κ1) is 18.0. The summed E-state index contributed by atoms with van der Waals surface area (Å²) in [5, 5.41) is 0. The molecule has 2 aromatic carbocycles. The van der Waals surface area contributed by atoms with E-state index in [9.17, 15) is 4.79 Å². The van der Waals surface area contributed by atoms with Crippen molar-refractivity contribution in [1.82, 2.24) is 0 Å². The van der Waals surface area contributed by atoms with Gasteiger partial charge < -0.3 is 4.90 Å². The minimum Gasteiger partial charge on any atom is -0.378 e. The molecule has 0 saturated carbocycles. The molecule has 3 nitrogen and oxygen atoms in total. The quantitative estimate of drug-likeness (QED) is 0.423. The predicted molar refractivity (Wildman–Crippen MR) is 115 cm³/mol. The molecule has 1 aliphatic rings. The van der Waals surface area contributed by atoms with E-state index in [-0.39, 0.29) is 5.91 Å². The van der Waals surface area contributed by atoms with E-state index >= 15 is 0 Å². The number of carbonyl (C=O) groups excluding carboxylic acids is 1. The van der Waals surface area contributed by atoms with E-state index in [0.717, 1.165) is 16.9 Å². The monoisotopic (exact) mass is 386 g/mol. The zero-order valence-electron chi connectivity index (χ0n) is 14.2. The van der Waals surface area contributed by atoms with Crippen molar-refractivity contribution in [3.8, 4) is 0 Å². The second-order valence-corrected chi connectivity index (χ2v) is 8.26. The highest BCUT2D eigenvalue weighted by atomic mass is 32.2. The first-order valence-corrected chi connectivity index (χ1v) is 10.1. The Morgan fingerprint density at radius 2 is 1.72 bits per heavy atom. The number of thioether (sulfide) groups is 2. The molecule has 0 aromatic heterocycles. The third kappa shape index (κ3) is 3.92. The summed E-state index contributed by atoms with van der Waals surface area (Å²) in [6.45, 7) is 0. The van der Waals surface area contributed by atoms with Crippen LogP contribution in [0.4, 0.5) is 11.4 Å². The molecule has 0 spiro atoms. The Balaban J connectivity index is 1.85. The number of nitrogens with zero attached hydrogens (tertiary/aromatic N) is 2. The van der Waals surface area contributed by atoms with Crippen molar-refractivity contribution in [1.29, 1.82) is 0 Å². The number of hydrogen-bond acceptors (Lipinski definition) is 5. The van der Waals surface area contributed by atoms with Gasteiger partial charge >= 0.3 is 0 Å². The lowest BCUT2D eigenvalue weighted by atomic mass is 10.2. The second-order valence-electron chi connectivity index (χ2n) is 5.70. The van der Waals surface area contributed by atoms with Gasteiger partial charge in [-0.3, -0.25) is 9.69 Å². The van der Waals surface area contributed by atoms with Crippen LogP contribution in [0.2, 0.25) is 0 Å². The molecule has 0 N–H and O–H groups in total. The Morgan fingerprint density at radius 3 is 2.28 bits per heavy atom. The summed E-state index contributed by atoms with van der Waals surface area (Å²) in [6, 6.07) is 16.0. The molecule has 1 saturated heterocycles. The van der Waals surface area contributed by atoms with E-state index in [1.165, 1.54) is 16.7 Å². The lowest BCUT2D eigenvalue weighted by molar-refractivity contribution is -0.113. The summed E-state index contributed by atoms with van der Waals surface area (Å²) in [6.07, 6.45) is 3.94. The molecule has 6 heteroatoms. The maximum Gasteiger partial charge on any atom is 0.270 e. The van der Waals surface area contributed by atoms with Crippen molar-refractivity contribution in [2.24, 2.45) is 0 Å². The highest BCUT2D eigenvalue weighted by Crippen LogP contribution is 2.36. The molecular weight excluding hydrogens is 368 g/mol. The molecule has 1 amide bonds. The average Bonchev–Trinajstić information content (AvgIpc) is 2.89. The number of thiocarbonyl (C=S) groups is 1. The fraction of sp³-hybridized carbons (Fsp3) is 0.158. The SMILES string of the molecule is CSc1ccc(/C=C2\SC(=S)N(c3ccc(N(C)C)cc3)C2=O)cc1. The summed E-state index contributed by atoms with van der Waals surface area (Å²) in [5.41, 5.74) is 2.88. The molecule has 1 aliphatic heterocycles. The lowest BCUT2D eigenvalue weighted by Crippen LogP contribution is -2.27. The van der Waals surface area contributed by atoms with E-state index in [0.29, 0.717) is 9.23 Å². The van der Waals surface area contributed by atoms with Gasteiger partial charge in [0.05, 0.1) is 10.6 Å². The maximum atomic E-state index is 12.8. The van der Waals surface area contributed by atoms with E-state index < -0.39 is 0 Å². The minimum absolute atomic E-state index is 0.0680. The fourth-order valence-corrected chi connectivity index (χ4v) is 4.15. The topological polar surface area (TPSA) is 23.6 Å². The van der Waals surface area contributed by atoms with Crippen LogP contribution in [-0.2, 0) is 4.79 Å². The molecule has 1 heterocycles. The largest absolute Gasteiger partial charge is 0.378 e. The first-order valence-electron chi connectivity index (χ1n) is 7.69. The van der Waals surface area contributed by atoms with Crippen LogP contribution in [0.3, 0.4) is 0 Å². The maximum absolute atomic E-state index is 12.8. The van der Waals surface area contributed by atoms with Crippen LogP contribution >= 0.6 is 35.7 Å². The van der Waals surface area contributed by atoms with Gasteiger partial charge in [0.25, 0.3) is 5.91 Å². The van der Waals surface area contributed by atoms with Gasteiger partial charge in [-0.2, -0.15) is 0 Å². The van der Waals surface area contributed by atoms with E-state index in [1.807, 2.05) is 67.7 Å². The Hall–Kier alpha value is -1.76. The smallest absolute Gasteiger partial charge is 0.270 e. The van der Waals surface area contributed by atoms with Crippen molar-refractivity contribution < 1.29 is 4.79 Å². The predicted octanol–water partition coefficient (Wildman–Crippen LogP) is 4.88. The summed E-state index contributed by atoms with van der Waals surface area (Å²) < 4.78 is 0.564. The van der Waals surface area contributed by atoms with Crippen LogP contribution in [0.1, 0.15) is 5.56 Å². The lowest BCUT2D eigenvalue weighted by Gasteiger charge is -2.17. The molecule has 0 bridgehead atoms. The van der Waals surface area contributed by atoms with Crippen LogP contribution in [0, 0.1) is 0 Å². The van der Waals surface area contributed by atoms with Gasteiger partial charge in [-0.1, -0.05) is 36.1 Å². The van der Waals surface area contributed by atoms with Crippen molar-refractivity contribution in [3.05, 3.63) is 59.0 Å². The zero-order chi connectivity index (χ0) is 18.0. The van der Waals surface area contributed by atoms with Gasteiger partial charge in [-0.25, -0.2) is 0 Å². The van der Waals surface area contributed by atoms with E-state index in [1.54, 1.807) is 16.7 Å². The van der Waals surface area contributed by atoms with Crippen LogP contribution < -0.4 is 9.80 Å². The fourth-order valence-electron chi connectivity index (χ4n) is 2.44. The number of anilines is 2. The van der Waals surface area contributed by atoms with Gasteiger partial charge in [0.15, 0.2) is 4.32 Å². The molecule has 128 valence electrons. The molecule has 0 radical (unpaired) electrons. The Bertz CT molecular complexity index is 827. The van der Waals surface area contributed by atoms with Crippen molar-refractivity contribution in [2.45, 2.75) is 4.90 Å². The van der Waals surface area contributed by atoms with Crippen molar-refractivity contribution in [2.75, 3.05) is 30.2 Å². The molecule has 0 atom stereocenters. The number of amides is 1. The summed E-state index contributed by atoms with van der Waals surface area (Å²) in [7, 11) is 3.97. The van der Waals surface area contributed by atoms with Crippen LogP contribution in [-0.4, -0.2) is 30.6 Å². The normalized spacial score (nSPS) is 16.0. The Labute approximate surface area is 162 Å². The molecule has 25 heavy (non-hydrogen) atoms. The van der Waals surface area contributed by atoms with Gasteiger partial charge in [0.2, 0.25) is 0 Å². The van der Waals surface area contributed by atoms with Gasteiger partial charge in [0.1, 0.15) is 0 Å². The van der Waals surface area contributed by atoms with Crippen LogP contribution in [0.5, 0.6) is 0 Å². The number of hydrogen-bond donors (Lipinski definition) is 0. The first-order chi connectivity index (χ1) is 12.0. The summed E-state index contributed by atoms with van der Waals surface area (Å²) in [5.74, 6) is -0.0680. The number of rotatable bonds is 4. The molecule has 2 aromatic rings. The molecular formula is C19H18N2OS3. The highest BCUT2D eigenvalue weighted by Gasteiger charge is 2.33. The van der Waals surface area contributed by atoms with Crippen LogP contribution in [0.15, 0.2) is 58.3 Å². The Kier molecular flexibility index (Phi) is 5.51.